The maximum absolute atomic E-state index is 12.1. The lowest BCUT2D eigenvalue weighted by molar-refractivity contribution is 0.103. The Balaban J connectivity index is 2.16. The van der Waals surface area contributed by atoms with Gasteiger partial charge in [0.1, 0.15) is 0 Å². The van der Waals surface area contributed by atoms with Crippen LogP contribution in [0.5, 0.6) is 0 Å². The van der Waals surface area contributed by atoms with E-state index >= 15 is 0 Å². The van der Waals surface area contributed by atoms with Gasteiger partial charge in [-0.25, -0.2) is 0 Å². The van der Waals surface area contributed by atoms with Gasteiger partial charge in [-0.15, -0.1) is 11.3 Å². The van der Waals surface area contributed by atoms with Crippen LogP contribution in [-0.4, -0.2) is 5.91 Å². The number of carbonyl (C=O) groups excluding carboxylic acids is 1. The van der Waals surface area contributed by atoms with E-state index in [1.165, 1.54) is 4.88 Å². The first-order valence-electron chi connectivity index (χ1n) is 5.45. The fourth-order valence-electron chi connectivity index (χ4n) is 1.46. The molecule has 0 fully saturated rings. The monoisotopic (exact) mass is 435 g/mol. The molecule has 2 rings (SSSR count). The van der Waals surface area contributed by atoms with Gasteiger partial charge in [0.2, 0.25) is 0 Å². The summed E-state index contributed by atoms with van der Waals surface area (Å²) in [6.07, 6.45) is 0.963. The molecule has 5 heteroatoms. The Morgan fingerprint density at radius 2 is 2.17 bits per heavy atom. The SMILES string of the molecule is CCc1ccc(C(=O)Nc2ccc(I)cc2Br)s1. The molecule has 94 valence electrons. The van der Waals surface area contributed by atoms with Crippen LogP contribution < -0.4 is 5.32 Å². The van der Waals surface area contributed by atoms with Gasteiger partial charge in [0.05, 0.1) is 10.6 Å². The van der Waals surface area contributed by atoms with Crippen LogP contribution in [-0.2, 0) is 6.42 Å². The Labute approximate surface area is 132 Å². The van der Waals surface area contributed by atoms with Crippen molar-refractivity contribution in [3.63, 3.8) is 0 Å². The van der Waals surface area contributed by atoms with Crippen molar-refractivity contribution in [3.8, 4) is 0 Å². The standard InChI is InChI=1S/C13H11BrINOS/c1-2-9-4-6-12(18-9)13(17)16-11-5-3-8(15)7-10(11)14/h3-7H,2H2,1H3,(H,16,17). The summed E-state index contributed by atoms with van der Waals surface area (Å²) in [4.78, 5) is 14.0. The molecule has 0 aliphatic heterocycles. The average Bonchev–Trinajstić information content (AvgIpc) is 2.81. The third-order valence-corrected chi connectivity index (χ3v) is 4.97. The molecule has 0 unspecified atom stereocenters. The molecular formula is C13H11BrINOS. The molecule has 0 saturated heterocycles. The Bertz CT molecular complexity index is 582. The van der Waals surface area contributed by atoms with E-state index in [4.69, 9.17) is 0 Å². The van der Waals surface area contributed by atoms with Crippen LogP contribution in [0, 0.1) is 3.57 Å². The minimum absolute atomic E-state index is 0.0541. The number of hydrogen-bond donors (Lipinski definition) is 1. The number of aryl methyl sites for hydroxylation is 1. The zero-order valence-corrected chi connectivity index (χ0v) is 14.2. The zero-order valence-electron chi connectivity index (χ0n) is 9.67. The molecule has 1 aromatic carbocycles. The van der Waals surface area contributed by atoms with Gasteiger partial charge >= 0.3 is 0 Å². The number of thiophene rings is 1. The fourth-order valence-corrected chi connectivity index (χ4v) is 3.70. The summed E-state index contributed by atoms with van der Waals surface area (Å²) in [7, 11) is 0. The molecule has 18 heavy (non-hydrogen) atoms. The van der Waals surface area contributed by atoms with Gasteiger partial charge in [0, 0.05) is 12.9 Å². The second-order valence-electron chi connectivity index (χ2n) is 3.70. The molecule has 2 aromatic rings. The minimum atomic E-state index is -0.0541. The first-order chi connectivity index (χ1) is 8.60. The van der Waals surface area contributed by atoms with Crippen molar-refractivity contribution in [2.45, 2.75) is 13.3 Å². The van der Waals surface area contributed by atoms with Crippen LogP contribution in [0.4, 0.5) is 5.69 Å². The second kappa shape index (κ2) is 6.16. The highest BCUT2D eigenvalue weighted by Gasteiger charge is 2.10. The number of rotatable bonds is 3. The van der Waals surface area contributed by atoms with Crippen molar-refractivity contribution in [3.05, 3.63) is 48.1 Å². The summed E-state index contributed by atoms with van der Waals surface area (Å²) < 4.78 is 2.02. The van der Waals surface area contributed by atoms with E-state index in [1.54, 1.807) is 11.3 Å². The predicted octanol–water partition coefficient (Wildman–Crippen LogP) is 4.93. The molecular weight excluding hydrogens is 425 g/mol. The smallest absolute Gasteiger partial charge is 0.265 e. The van der Waals surface area contributed by atoms with Crippen molar-refractivity contribution in [1.82, 2.24) is 0 Å². The van der Waals surface area contributed by atoms with Crippen molar-refractivity contribution in [2.75, 3.05) is 5.32 Å². The minimum Gasteiger partial charge on any atom is -0.320 e. The summed E-state index contributed by atoms with van der Waals surface area (Å²) in [6, 6.07) is 9.72. The molecule has 0 aliphatic carbocycles. The topological polar surface area (TPSA) is 29.1 Å². The van der Waals surface area contributed by atoms with Gasteiger partial charge in [-0.2, -0.15) is 0 Å². The number of benzene rings is 1. The van der Waals surface area contributed by atoms with Crippen LogP contribution >= 0.6 is 49.9 Å². The molecule has 0 radical (unpaired) electrons. The number of nitrogens with one attached hydrogen (secondary N) is 1. The van der Waals surface area contributed by atoms with Gasteiger partial charge in [-0.3, -0.25) is 4.79 Å². The average molecular weight is 436 g/mol. The lowest BCUT2D eigenvalue weighted by Crippen LogP contribution is -2.10. The van der Waals surface area contributed by atoms with Gasteiger partial charge < -0.3 is 5.32 Å². The lowest BCUT2D eigenvalue weighted by Gasteiger charge is -2.06. The Morgan fingerprint density at radius 1 is 1.39 bits per heavy atom. The molecule has 1 heterocycles. The van der Waals surface area contributed by atoms with Crippen molar-refractivity contribution < 1.29 is 4.79 Å². The van der Waals surface area contributed by atoms with E-state index in [-0.39, 0.29) is 5.91 Å². The molecule has 0 aliphatic rings. The molecule has 1 amide bonds. The number of carbonyl (C=O) groups is 1. The van der Waals surface area contributed by atoms with Crippen LogP contribution in [0.15, 0.2) is 34.8 Å². The van der Waals surface area contributed by atoms with E-state index < -0.39 is 0 Å². The maximum atomic E-state index is 12.1. The molecule has 0 saturated carbocycles. The van der Waals surface area contributed by atoms with Gasteiger partial charge in [-0.05, 0) is 75.3 Å². The molecule has 2 nitrogen and oxygen atoms in total. The Morgan fingerprint density at radius 3 is 2.78 bits per heavy atom. The predicted molar refractivity (Wildman–Crippen MR) is 88.5 cm³/mol. The molecule has 1 aromatic heterocycles. The highest BCUT2D eigenvalue weighted by Crippen LogP contribution is 2.26. The van der Waals surface area contributed by atoms with E-state index in [1.807, 2.05) is 30.3 Å². The Kier molecular flexibility index (Phi) is 4.80. The first kappa shape index (κ1) is 14.0. The number of anilines is 1. The van der Waals surface area contributed by atoms with E-state index in [2.05, 4.69) is 50.8 Å². The van der Waals surface area contributed by atoms with Crippen LogP contribution in [0.3, 0.4) is 0 Å². The highest BCUT2D eigenvalue weighted by molar-refractivity contribution is 14.1. The first-order valence-corrected chi connectivity index (χ1v) is 8.14. The quantitative estimate of drug-likeness (QED) is 0.680. The van der Waals surface area contributed by atoms with Crippen molar-refractivity contribution >= 4 is 61.5 Å². The molecule has 0 atom stereocenters. The number of amides is 1. The highest BCUT2D eigenvalue weighted by atomic mass is 127. The fraction of sp³-hybridized carbons (Fsp3) is 0.154. The van der Waals surface area contributed by atoms with Gasteiger partial charge in [-0.1, -0.05) is 6.92 Å². The third-order valence-electron chi connectivity index (χ3n) is 2.41. The van der Waals surface area contributed by atoms with Crippen LogP contribution in [0.25, 0.3) is 0 Å². The Hall–Kier alpha value is -0.400. The van der Waals surface area contributed by atoms with E-state index in [0.29, 0.717) is 0 Å². The molecule has 0 bridgehead atoms. The summed E-state index contributed by atoms with van der Waals surface area (Å²) >= 11 is 7.23. The second-order valence-corrected chi connectivity index (χ2v) is 6.97. The summed E-state index contributed by atoms with van der Waals surface area (Å²) in [5.74, 6) is -0.0541. The van der Waals surface area contributed by atoms with Gasteiger partial charge in [0.15, 0.2) is 0 Å². The van der Waals surface area contributed by atoms with Crippen molar-refractivity contribution in [2.24, 2.45) is 0 Å². The molecule has 1 N–H and O–H groups in total. The molecule has 0 spiro atoms. The normalized spacial score (nSPS) is 10.4. The van der Waals surface area contributed by atoms with Crippen molar-refractivity contribution in [1.29, 1.82) is 0 Å². The van der Waals surface area contributed by atoms with Crippen LogP contribution in [0.2, 0.25) is 0 Å². The largest absolute Gasteiger partial charge is 0.320 e. The summed E-state index contributed by atoms with van der Waals surface area (Å²) in [5.41, 5.74) is 0.798. The van der Waals surface area contributed by atoms with Gasteiger partial charge in [0.25, 0.3) is 5.91 Å². The third kappa shape index (κ3) is 3.33. The maximum Gasteiger partial charge on any atom is 0.265 e. The van der Waals surface area contributed by atoms with Crippen LogP contribution in [0.1, 0.15) is 21.5 Å². The zero-order chi connectivity index (χ0) is 13.1. The lowest BCUT2D eigenvalue weighted by atomic mass is 10.3. The van der Waals surface area contributed by atoms with E-state index in [9.17, 15) is 4.79 Å². The number of halogens is 2. The number of hydrogen-bond acceptors (Lipinski definition) is 2. The summed E-state index contributed by atoms with van der Waals surface area (Å²) in [5, 5.41) is 2.91. The summed E-state index contributed by atoms with van der Waals surface area (Å²) in [6.45, 7) is 2.09. The van der Waals surface area contributed by atoms with E-state index in [0.717, 1.165) is 25.0 Å².